The van der Waals surface area contributed by atoms with E-state index in [0.29, 0.717) is 5.16 Å². The van der Waals surface area contributed by atoms with E-state index in [9.17, 15) is 0 Å². The molecule has 0 aromatic rings. The first-order valence-electron chi connectivity index (χ1n) is 11.9. The van der Waals surface area contributed by atoms with Crippen LogP contribution in [-0.2, 0) is 0 Å². The Balaban J connectivity index is 3.41. The molecule has 0 saturated heterocycles. The third kappa shape index (κ3) is 13.3. The summed E-state index contributed by atoms with van der Waals surface area (Å²) in [4.78, 5) is 0. The lowest BCUT2D eigenvalue weighted by molar-refractivity contribution is 0.313. The van der Waals surface area contributed by atoms with E-state index in [1.54, 1.807) is 0 Å². The molecule has 0 fully saturated rings. The summed E-state index contributed by atoms with van der Waals surface area (Å²) in [5.41, 5.74) is 0. The molecular weight excluding hydrogens is 319 g/mol. The van der Waals surface area contributed by atoms with Gasteiger partial charge < -0.3 is 0 Å². The Morgan fingerprint density at radius 1 is 0.560 bits per heavy atom. The fraction of sp³-hybridized carbons (Fsp3) is 1.00. The third-order valence-electron chi connectivity index (χ3n) is 6.53. The van der Waals surface area contributed by atoms with Gasteiger partial charge in [0.2, 0.25) is 0 Å². The van der Waals surface area contributed by atoms with Crippen LogP contribution in [0, 0.1) is 5.92 Å². The highest BCUT2D eigenvalue weighted by molar-refractivity contribution is 7.19. The molecular formula is C24H51P. The number of hydrogen-bond acceptors (Lipinski definition) is 0. The van der Waals surface area contributed by atoms with Crippen molar-refractivity contribution in [3.8, 4) is 0 Å². The third-order valence-corrected chi connectivity index (χ3v) is 7.82. The van der Waals surface area contributed by atoms with Crippen molar-refractivity contribution in [3.05, 3.63) is 0 Å². The number of hydrogen-bond donors (Lipinski definition) is 0. The zero-order valence-corrected chi connectivity index (χ0v) is 19.5. The SMILES string of the molecule is CCCCCCCCCCCCCCCCC(CC)C(P)(CC)CC. The molecule has 0 saturated carbocycles. The average Bonchev–Trinajstić information content (AvgIpc) is 2.64. The van der Waals surface area contributed by atoms with Crippen molar-refractivity contribution in [2.45, 2.75) is 148 Å². The van der Waals surface area contributed by atoms with Crippen LogP contribution in [0.3, 0.4) is 0 Å². The van der Waals surface area contributed by atoms with Gasteiger partial charge in [-0.2, -0.15) is 0 Å². The zero-order chi connectivity index (χ0) is 18.8. The van der Waals surface area contributed by atoms with Crippen LogP contribution in [0.25, 0.3) is 0 Å². The predicted molar refractivity (Wildman–Crippen MR) is 122 cm³/mol. The van der Waals surface area contributed by atoms with Crippen molar-refractivity contribution < 1.29 is 0 Å². The van der Waals surface area contributed by atoms with Gasteiger partial charge >= 0.3 is 0 Å². The maximum atomic E-state index is 3.20. The molecule has 0 spiro atoms. The van der Waals surface area contributed by atoms with Gasteiger partial charge in [-0.15, -0.1) is 9.24 Å². The molecule has 0 N–H and O–H groups in total. The summed E-state index contributed by atoms with van der Waals surface area (Å²) < 4.78 is 0. The van der Waals surface area contributed by atoms with Crippen molar-refractivity contribution in [3.63, 3.8) is 0 Å². The van der Waals surface area contributed by atoms with Crippen molar-refractivity contribution >= 4 is 9.24 Å². The van der Waals surface area contributed by atoms with Gasteiger partial charge in [0.05, 0.1) is 0 Å². The monoisotopic (exact) mass is 370 g/mol. The molecule has 0 radical (unpaired) electrons. The molecule has 25 heavy (non-hydrogen) atoms. The Morgan fingerprint density at radius 2 is 0.920 bits per heavy atom. The fourth-order valence-corrected chi connectivity index (χ4v) is 4.71. The van der Waals surface area contributed by atoms with E-state index < -0.39 is 0 Å². The molecule has 0 rings (SSSR count). The molecule has 0 bridgehead atoms. The van der Waals surface area contributed by atoms with E-state index in [1.807, 2.05) is 0 Å². The summed E-state index contributed by atoms with van der Waals surface area (Å²) in [6.45, 7) is 9.42. The van der Waals surface area contributed by atoms with E-state index in [-0.39, 0.29) is 0 Å². The highest BCUT2D eigenvalue weighted by Gasteiger charge is 2.28. The Hall–Kier alpha value is 0.430. The first-order chi connectivity index (χ1) is 12.1. The summed E-state index contributed by atoms with van der Waals surface area (Å²) >= 11 is 0. The maximum absolute atomic E-state index is 3.20. The van der Waals surface area contributed by atoms with Crippen molar-refractivity contribution in [1.29, 1.82) is 0 Å². The normalized spacial score (nSPS) is 13.3. The van der Waals surface area contributed by atoms with E-state index in [2.05, 4.69) is 36.9 Å². The van der Waals surface area contributed by atoms with Crippen LogP contribution in [0.15, 0.2) is 0 Å². The number of unbranched alkanes of at least 4 members (excludes halogenated alkanes) is 13. The van der Waals surface area contributed by atoms with E-state index in [1.165, 1.54) is 116 Å². The second-order valence-corrected chi connectivity index (χ2v) is 9.58. The molecule has 0 aromatic carbocycles. The molecule has 2 atom stereocenters. The lowest BCUT2D eigenvalue weighted by Crippen LogP contribution is -2.29. The molecule has 0 amide bonds. The van der Waals surface area contributed by atoms with E-state index in [4.69, 9.17) is 0 Å². The molecule has 0 aromatic heterocycles. The van der Waals surface area contributed by atoms with Crippen LogP contribution in [0.5, 0.6) is 0 Å². The molecule has 2 unspecified atom stereocenters. The quantitative estimate of drug-likeness (QED) is 0.157. The molecule has 0 nitrogen and oxygen atoms in total. The molecule has 152 valence electrons. The van der Waals surface area contributed by atoms with Gasteiger partial charge in [0.25, 0.3) is 0 Å². The summed E-state index contributed by atoms with van der Waals surface area (Å²) in [6.07, 6.45) is 25.9. The first kappa shape index (κ1) is 25.4. The van der Waals surface area contributed by atoms with Crippen LogP contribution >= 0.6 is 9.24 Å². The second-order valence-electron chi connectivity index (χ2n) is 8.43. The zero-order valence-electron chi connectivity index (χ0n) is 18.4. The van der Waals surface area contributed by atoms with Crippen LogP contribution in [0.4, 0.5) is 0 Å². The molecule has 0 heterocycles. The summed E-state index contributed by atoms with van der Waals surface area (Å²) in [7, 11) is 3.20. The van der Waals surface area contributed by atoms with Crippen molar-refractivity contribution in [2.24, 2.45) is 5.92 Å². The molecule has 1 heteroatoms. The minimum Gasteiger partial charge on any atom is -0.131 e. The van der Waals surface area contributed by atoms with Crippen molar-refractivity contribution in [2.75, 3.05) is 0 Å². The Bertz CT molecular complexity index is 257. The maximum Gasteiger partial charge on any atom is -0.0127 e. The van der Waals surface area contributed by atoms with Gasteiger partial charge in [0.1, 0.15) is 0 Å². The lowest BCUT2D eigenvalue weighted by Gasteiger charge is -2.36. The van der Waals surface area contributed by atoms with Gasteiger partial charge in [0.15, 0.2) is 0 Å². The van der Waals surface area contributed by atoms with Crippen molar-refractivity contribution in [1.82, 2.24) is 0 Å². The molecule has 0 aliphatic heterocycles. The Morgan fingerprint density at radius 3 is 1.24 bits per heavy atom. The van der Waals surface area contributed by atoms with Gasteiger partial charge in [-0.05, 0) is 30.3 Å². The smallest absolute Gasteiger partial charge is 0.0127 e. The summed E-state index contributed by atoms with van der Waals surface area (Å²) in [5, 5.41) is 0.505. The van der Waals surface area contributed by atoms with E-state index >= 15 is 0 Å². The van der Waals surface area contributed by atoms with Crippen LogP contribution < -0.4 is 0 Å². The molecule has 0 aliphatic rings. The fourth-order valence-electron chi connectivity index (χ4n) is 4.31. The second kappa shape index (κ2) is 17.8. The standard InChI is InChI=1S/C24H51P/c1-5-9-10-11-12-13-14-15-16-17-18-19-20-21-22-23(6-2)24(25,7-3)8-4/h23H,5-22,25H2,1-4H3. The minimum absolute atomic E-state index is 0.505. The van der Waals surface area contributed by atoms with Gasteiger partial charge in [-0.1, -0.05) is 124 Å². The highest BCUT2D eigenvalue weighted by atomic mass is 31.0. The first-order valence-corrected chi connectivity index (χ1v) is 12.5. The van der Waals surface area contributed by atoms with Gasteiger partial charge in [-0.25, -0.2) is 0 Å². The van der Waals surface area contributed by atoms with Crippen LogP contribution in [0.2, 0.25) is 0 Å². The Kier molecular flexibility index (Phi) is 18.1. The van der Waals surface area contributed by atoms with E-state index in [0.717, 1.165) is 5.92 Å². The minimum atomic E-state index is 0.505. The lowest BCUT2D eigenvalue weighted by atomic mass is 9.81. The Labute approximate surface area is 163 Å². The average molecular weight is 371 g/mol. The highest BCUT2D eigenvalue weighted by Crippen LogP contribution is 2.39. The topological polar surface area (TPSA) is 0 Å². The largest absolute Gasteiger partial charge is 0.131 e. The van der Waals surface area contributed by atoms with Crippen LogP contribution in [0.1, 0.15) is 143 Å². The summed E-state index contributed by atoms with van der Waals surface area (Å²) in [5.74, 6) is 0.907. The van der Waals surface area contributed by atoms with Gasteiger partial charge in [-0.3, -0.25) is 0 Å². The molecule has 0 aliphatic carbocycles. The van der Waals surface area contributed by atoms with Gasteiger partial charge in [0, 0.05) is 0 Å². The predicted octanol–water partition coefficient (Wildman–Crippen LogP) is 9.32. The number of rotatable bonds is 19. The summed E-state index contributed by atoms with van der Waals surface area (Å²) in [6, 6.07) is 0. The van der Waals surface area contributed by atoms with Crippen LogP contribution in [-0.4, -0.2) is 5.16 Å².